The van der Waals surface area contributed by atoms with Gasteiger partial charge in [0.2, 0.25) is 10.0 Å². The molecular weight excluding hydrogens is 572 g/mol. The fourth-order valence-corrected chi connectivity index (χ4v) is 9.24. The van der Waals surface area contributed by atoms with E-state index in [2.05, 4.69) is 9.62 Å². The zero-order valence-electron chi connectivity index (χ0n) is 24.0. The summed E-state index contributed by atoms with van der Waals surface area (Å²) in [4.78, 5) is 15.8. The van der Waals surface area contributed by atoms with Gasteiger partial charge in [-0.3, -0.25) is 4.79 Å². The third-order valence-corrected chi connectivity index (χ3v) is 12.0. The maximum absolute atomic E-state index is 13.5. The van der Waals surface area contributed by atoms with Gasteiger partial charge in [0, 0.05) is 23.7 Å². The van der Waals surface area contributed by atoms with Crippen LogP contribution < -0.4 is 14.4 Å². The van der Waals surface area contributed by atoms with Crippen molar-refractivity contribution in [3.63, 3.8) is 0 Å². The van der Waals surface area contributed by atoms with Crippen LogP contribution in [0.1, 0.15) is 79.3 Å². The van der Waals surface area contributed by atoms with Crippen molar-refractivity contribution >= 4 is 33.2 Å². The molecular formula is C33H41ClN2O5S. The molecule has 2 bridgehead atoms. The number of benzene rings is 2. The van der Waals surface area contributed by atoms with E-state index >= 15 is 0 Å². The molecule has 0 spiro atoms. The number of aliphatic hydroxyl groups excluding tert-OH is 1. The van der Waals surface area contributed by atoms with Gasteiger partial charge < -0.3 is 14.7 Å². The molecule has 9 heteroatoms. The van der Waals surface area contributed by atoms with Crippen molar-refractivity contribution in [2.45, 2.75) is 82.2 Å². The number of aryl methyl sites for hydroxylation is 1. The lowest BCUT2D eigenvalue weighted by atomic mass is 9.70. The van der Waals surface area contributed by atoms with E-state index in [1.54, 1.807) is 18.2 Å². The fourth-order valence-electron chi connectivity index (χ4n) is 7.28. The predicted molar refractivity (Wildman–Crippen MR) is 165 cm³/mol. The van der Waals surface area contributed by atoms with E-state index in [1.807, 2.05) is 30.4 Å². The third kappa shape index (κ3) is 6.36. The predicted octanol–water partition coefficient (Wildman–Crippen LogP) is 6.03. The molecule has 4 aliphatic rings. The smallest absolute Gasteiger partial charge is 0.264 e. The van der Waals surface area contributed by atoms with Crippen LogP contribution in [0.15, 0.2) is 48.6 Å². The number of aliphatic hydroxyl groups is 1. The summed E-state index contributed by atoms with van der Waals surface area (Å²) in [5.74, 6) is 0.442. The maximum atomic E-state index is 13.5. The number of hydrogen-bond donors (Lipinski definition) is 2. The summed E-state index contributed by atoms with van der Waals surface area (Å²) in [5.41, 5.74) is 3.35. The minimum absolute atomic E-state index is 0.0772. The van der Waals surface area contributed by atoms with Crippen LogP contribution in [0.5, 0.6) is 5.75 Å². The van der Waals surface area contributed by atoms with Gasteiger partial charge in [-0.1, -0.05) is 42.7 Å². The van der Waals surface area contributed by atoms with E-state index in [9.17, 15) is 18.3 Å². The van der Waals surface area contributed by atoms with Crippen LogP contribution in [0, 0.1) is 17.8 Å². The van der Waals surface area contributed by atoms with Crippen molar-refractivity contribution in [1.29, 1.82) is 0 Å². The molecule has 2 fully saturated rings. The lowest BCUT2D eigenvalue weighted by molar-refractivity contribution is 0.0460. The number of allylic oxidation sites excluding steroid dienone is 1. The number of anilines is 1. The van der Waals surface area contributed by atoms with Crippen LogP contribution in [-0.4, -0.2) is 43.9 Å². The Labute approximate surface area is 254 Å². The number of halogens is 1. The van der Waals surface area contributed by atoms with Crippen molar-refractivity contribution in [1.82, 2.24) is 4.72 Å². The van der Waals surface area contributed by atoms with Crippen molar-refractivity contribution in [3.05, 3.63) is 70.3 Å². The molecule has 226 valence electrons. The third-order valence-electron chi connectivity index (χ3n) is 9.85. The van der Waals surface area contributed by atoms with Gasteiger partial charge >= 0.3 is 0 Å². The second kappa shape index (κ2) is 12.6. The highest BCUT2D eigenvalue weighted by Gasteiger charge is 2.39. The summed E-state index contributed by atoms with van der Waals surface area (Å²) in [6.07, 6.45) is 11.8. The summed E-state index contributed by atoms with van der Waals surface area (Å²) in [5, 5.41) is 11.2. The Hall–Kier alpha value is -2.55. The first-order valence-corrected chi connectivity index (χ1v) is 17.4. The van der Waals surface area contributed by atoms with Crippen LogP contribution in [0.25, 0.3) is 0 Å². The lowest BCUT2D eigenvalue weighted by Gasteiger charge is -2.42. The van der Waals surface area contributed by atoms with Crippen LogP contribution in [-0.2, 0) is 23.1 Å². The van der Waals surface area contributed by atoms with Gasteiger partial charge in [-0.15, -0.1) is 0 Å². The molecule has 2 aliphatic carbocycles. The van der Waals surface area contributed by atoms with Crippen LogP contribution in [0.2, 0.25) is 5.02 Å². The first kappa shape index (κ1) is 29.5. The van der Waals surface area contributed by atoms with Gasteiger partial charge in [-0.2, -0.15) is 0 Å². The molecule has 5 atom stereocenters. The maximum Gasteiger partial charge on any atom is 0.264 e. The molecule has 2 N–H and O–H groups in total. The zero-order chi connectivity index (χ0) is 29.3. The van der Waals surface area contributed by atoms with E-state index in [1.165, 1.54) is 5.56 Å². The molecule has 2 saturated carbocycles. The summed E-state index contributed by atoms with van der Waals surface area (Å²) in [6.45, 7) is 1.86. The van der Waals surface area contributed by atoms with Crippen LogP contribution in [0.4, 0.5) is 5.69 Å². The van der Waals surface area contributed by atoms with E-state index in [0.717, 1.165) is 75.7 Å². The molecule has 2 aliphatic heterocycles. The minimum Gasteiger partial charge on any atom is -0.487 e. The molecule has 1 amide bonds. The van der Waals surface area contributed by atoms with Crippen molar-refractivity contribution in [2.75, 3.05) is 18.0 Å². The van der Waals surface area contributed by atoms with Crippen molar-refractivity contribution in [2.24, 2.45) is 17.8 Å². The zero-order valence-corrected chi connectivity index (χ0v) is 25.6. The molecule has 2 aromatic rings. The van der Waals surface area contributed by atoms with Gasteiger partial charge in [-0.05, 0) is 111 Å². The minimum atomic E-state index is -3.88. The standard InChI is InChI=1S/C33H41ClN2O5S/c34-27-14-11-26-21-41-31-16-13-24-19-29(31)36(17-4-3-7-23(26)18-27)20-25-12-15-28(25)30(37)9-5-8-22-6-1-2-10-32(22)42(39,40)35-33(24)38/h5,9,11,13-14,16,18-19,22,25,28,30,32,37H,1-4,6-8,10,12,15,17,20-21H2,(H,35,38)/b9-5+/t22-,25-,28+,30-,32+/m0/s1. The highest BCUT2D eigenvalue weighted by Crippen LogP contribution is 2.41. The number of ether oxygens (including phenoxy) is 1. The van der Waals surface area contributed by atoms with E-state index in [4.69, 9.17) is 16.3 Å². The van der Waals surface area contributed by atoms with Crippen LogP contribution in [0.3, 0.4) is 0 Å². The number of carbonyl (C=O) groups is 1. The topological polar surface area (TPSA) is 95.9 Å². The van der Waals surface area contributed by atoms with Crippen molar-refractivity contribution < 1.29 is 23.1 Å². The number of nitrogens with one attached hydrogen (secondary N) is 1. The summed E-state index contributed by atoms with van der Waals surface area (Å²) in [7, 11) is -3.88. The average Bonchev–Trinajstić information content (AvgIpc) is 2.98. The Morgan fingerprint density at radius 1 is 0.952 bits per heavy atom. The lowest BCUT2D eigenvalue weighted by Crippen LogP contribution is -2.44. The number of sulfonamides is 1. The van der Waals surface area contributed by atoms with Gasteiger partial charge in [0.25, 0.3) is 5.91 Å². The molecule has 0 aromatic heterocycles. The largest absolute Gasteiger partial charge is 0.487 e. The van der Waals surface area contributed by atoms with E-state index in [-0.39, 0.29) is 11.8 Å². The SMILES string of the molecule is O=C1NS(=O)(=O)[C@@H]2CCCC[C@H]2C/C=C/[C@H](O)[C@@H]2CC[C@H]2CN2CCCCc3cc(Cl)ccc3COc3ccc1cc32. The molecule has 2 aromatic carbocycles. The van der Waals surface area contributed by atoms with Gasteiger partial charge in [0.15, 0.2) is 0 Å². The van der Waals surface area contributed by atoms with Gasteiger partial charge in [0.1, 0.15) is 12.4 Å². The number of amides is 1. The molecule has 7 nitrogen and oxygen atoms in total. The Kier molecular flexibility index (Phi) is 8.85. The Balaban J connectivity index is 1.38. The average molecular weight is 613 g/mol. The quantitative estimate of drug-likeness (QED) is 0.353. The highest BCUT2D eigenvalue weighted by molar-refractivity contribution is 7.90. The number of fused-ring (bicyclic) bond motifs is 4. The summed E-state index contributed by atoms with van der Waals surface area (Å²) in [6, 6.07) is 11.1. The monoisotopic (exact) mass is 612 g/mol. The highest BCUT2D eigenvalue weighted by atomic mass is 35.5. The Morgan fingerprint density at radius 2 is 1.81 bits per heavy atom. The molecule has 2 heterocycles. The second-order valence-electron chi connectivity index (χ2n) is 12.5. The Bertz CT molecular complexity index is 1440. The van der Waals surface area contributed by atoms with Crippen LogP contribution >= 0.6 is 11.6 Å². The number of hydrogen-bond acceptors (Lipinski definition) is 6. The molecule has 42 heavy (non-hydrogen) atoms. The number of rotatable bonds is 0. The van der Waals surface area contributed by atoms with Crippen molar-refractivity contribution in [3.8, 4) is 5.75 Å². The second-order valence-corrected chi connectivity index (χ2v) is 14.8. The molecule has 0 saturated heterocycles. The van der Waals surface area contributed by atoms with E-state index < -0.39 is 27.3 Å². The van der Waals surface area contributed by atoms with Gasteiger partial charge in [0.05, 0.1) is 17.0 Å². The Morgan fingerprint density at radius 3 is 2.64 bits per heavy atom. The summed E-state index contributed by atoms with van der Waals surface area (Å²) < 4.78 is 35.9. The summed E-state index contributed by atoms with van der Waals surface area (Å²) >= 11 is 6.31. The first-order valence-electron chi connectivity index (χ1n) is 15.5. The number of nitrogens with zero attached hydrogens (tertiary/aromatic N) is 1. The fraction of sp³-hybridized carbons (Fsp3) is 0.545. The number of carbonyl (C=O) groups excluding carboxylic acids is 1. The molecule has 0 radical (unpaired) electrons. The normalized spacial score (nSPS) is 30.6. The molecule has 6 rings (SSSR count). The van der Waals surface area contributed by atoms with E-state index in [0.29, 0.717) is 41.7 Å². The first-order chi connectivity index (χ1) is 20.3. The molecule has 0 unspecified atom stereocenters. The van der Waals surface area contributed by atoms with Gasteiger partial charge in [-0.25, -0.2) is 13.1 Å².